The van der Waals surface area contributed by atoms with Crippen molar-refractivity contribution in [3.05, 3.63) is 0 Å². The number of unbranched alkanes of at least 4 members (excludes halogenated alkanes) is 31. The van der Waals surface area contributed by atoms with Gasteiger partial charge in [0.1, 0.15) is 19.3 Å². The Kier molecular flexibility index (Phi) is 39.9. The number of quaternary nitrogens is 1. The molecule has 330 valence electrons. The van der Waals surface area contributed by atoms with E-state index < -0.39 is 13.9 Å². The first-order valence-electron chi connectivity index (χ1n) is 23.8. The first-order chi connectivity index (χ1) is 26.6. The van der Waals surface area contributed by atoms with Crippen LogP contribution in [0, 0.1) is 0 Å². The van der Waals surface area contributed by atoms with E-state index in [1.165, 1.54) is 180 Å². The van der Waals surface area contributed by atoms with Crippen molar-refractivity contribution in [3.63, 3.8) is 0 Å². The zero-order valence-electron chi connectivity index (χ0n) is 37.4. The maximum absolute atomic E-state index is 12.7. The van der Waals surface area contributed by atoms with E-state index in [9.17, 15) is 14.3 Å². The molecule has 0 rings (SSSR count). The average molecular weight is 805 g/mol. The number of rotatable bonds is 45. The molecule has 0 radical (unpaired) electrons. The standard InChI is InChI=1S/C46H94NO7P/c1-6-8-10-12-14-16-18-20-22-23-24-25-26-27-29-31-33-35-37-39-46(48)54-45(44-53-55(49,50)52-42-40-47(3,4)5)43-51-41-38-36-34-32-30-28-21-19-17-15-13-11-9-7-2/h45H,6-44H2,1-5H3/p+1. The molecule has 0 aromatic heterocycles. The van der Waals surface area contributed by atoms with E-state index in [-0.39, 0.29) is 25.8 Å². The molecule has 55 heavy (non-hydrogen) atoms. The molecule has 9 heteroatoms. The van der Waals surface area contributed by atoms with E-state index in [1.807, 2.05) is 21.1 Å². The summed E-state index contributed by atoms with van der Waals surface area (Å²) in [5, 5.41) is 0. The highest BCUT2D eigenvalue weighted by Gasteiger charge is 2.26. The molecule has 0 amide bonds. The van der Waals surface area contributed by atoms with E-state index >= 15 is 0 Å². The third kappa shape index (κ3) is 44.4. The second kappa shape index (κ2) is 40.3. The fourth-order valence-corrected chi connectivity index (χ4v) is 7.71. The van der Waals surface area contributed by atoms with Crippen LogP contribution < -0.4 is 0 Å². The summed E-state index contributed by atoms with van der Waals surface area (Å²) >= 11 is 0. The second-order valence-corrected chi connectivity index (χ2v) is 19.0. The van der Waals surface area contributed by atoms with Crippen molar-refractivity contribution in [3.8, 4) is 0 Å². The monoisotopic (exact) mass is 805 g/mol. The van der Waals surface area contributed by atoms with E-state index in [4.69, 9.17) is 18.5 Å². The van der Waals surface area contributed by atoms with Crippen LogP contribution in [-0.2, 0) is 27.9 Å². The Balaban J connectivity index is 4.12. The van der Waals surface area contributed by atoms with Crippen molar-refractivity contribution in [2.75, 3.05) is 54.1 Å². The van der Waals surface area contributed by atoms with Gasteiger partial charge in [-0.05, 0) is 12.8 Å². The van der Waals surface area contributed by atoms with Crippen molar-refractivity contribution in [2.24, 2.45) is 0 Å². The molecule has 2 atom stereocenters. The van der Waals surface area contributed by atoms with Crippen LogP contribution in [0.3, 0.4) is 0 Å². The van der Waals surface area contributed by atoms with Crippen molar-refractivity contribution >= 4 is 13.8 Å². The molecule has 0 heterocycles. The lowest BCUT2D eigenvalue weighted by Crippen LogP contribution is -2.37. The minimum absolute atomic E-state index is 0.0940. The number of phosphoric ester groups is 1. The number of phosphoric acid groups is 1. The minimum Gasteiger partial charge on any atom is -0.457 e. The van der Waals surface area contributed by atoms with Gasteiger partial charge < -0.3 is 18.9 Å². The summed E-state index contributed by atoms with van der Waals surface area (Å²) in [5.41, 5.74) is 0. The lowest BCUT2D eigenvalue weighted by Gasteiger charge is -2.24. The Bertz CT molecular complexity index is 853. The molecule has 0 bridgehead atoms. The summed E-state index contributed by atoms with van der Waals surface area (Å²) in [6.45, 7) is 5.69. The highest BCUT2D eigenvalue weighted by molar-refractivity contribution is 7.47. The maximum Gasteiger partial charge on any atom is 0.472 e. The Morgan fingerprint density at radius 3 is 1.20 bits per heavy atom. The number of hydrogen-bond acceptors (Lipinski definition) is 6. The minimum atomic E-state index is -4.27. The summed E-state index contributed by atoms with van der Waals surface area (Å²) in [6, 6.07) is 0. The molecule has 1 N–H and O–H groups in total. The molecule has 0 spiro atoms. The first kappa shape index (κ1) is 54.5. The molecular formula is C46H95NO7P+. The van der Waals surface area contributed by atoms with Gasteiger partial charge in [0.25, 0.3) is 0 Å². The largest absolute Gasteiger partial charge is 0.472 e. The van der Waals surface area contributed by atoms with Gasteiger partial charge in [0.05, 0.1) is 34.4 Å². The lowest BCUT2D eigenvalue weighted by atomic mass is 10.0. The molecule has 2 unspecified atom stereocenters. The number of ether oxygens (including phenoxy) is 2. The van der Waals surface area contributed by atoms with E-state index in [2.05, 4.69) is 13.8 Å². The molecule has 0 fully saturated rings. The van der Waals surface area contributed by atoms with Gasteiger partial charge >= 0.3 is 13.8 Å². The van der Waals surface area contributed by atoms with Gasteiger partial charge in [0.15, 0.2) is 0 Å². The molecule has 0 aromatic carbocycles. The van der Waals surface area contributed by atoms with E-state index in [1.54, 1.807) is 0 Å². The Morgan fingerprint density at radius 1 is 0.491 bits per heavy atom. The zero-order valence-corrected chi connectivity index (χ0v) is 38.3. The molecule has 0 saturated carbocycles. The van der Waals surface area contributed by atoms with Crippen molar-refractivity contribution < 1.29 is 37.3 Å². The van der Waals surface area contributed by atoms with Crippen LogP contribution in [0.5, 0.6) is 0 Å². The Hall–Kier alpha value is -0.500. The number of carbonyl (C=O) groups excluding carboxylic acids is 1. The number of carbonyl (C=O) groups is 1. The predicted octanol–water partition coefficient (Wildman–Crippen LogP) is 14.1. The maximum atomic E-state index is 12.7. The molecule has 0 saturated heterocycles. The van der Waals surface area contributed by atoms with Gasteiger partial charge in [0.2, 0.25) is 0 Å². The van der Waals surface area contributed by atoms with Crippen molar-refractivity contribution in [1.82, 2.24) is 0 Å². The highest BCUT2D eigenvalue weighted by Crippen LogP contribution is 2.43. The first-order valence-corrected chi connectivity index (χ1v) is 25.3. The zero-order chi connectivity index (χ0) is 40.6. The quantitative estimate of drug-likeness (QED) is 0.0284. The molecule has 0 aromatic rings. The average Bonchev–Trinajstić information content (AvgIpc) is 3.13. The van der Waals surface area contributed by atoms with Crippen LogP contribution in [0.4, 0.5) is 0 Å². The van der Waals surface area contributed by atoms with Gasteiger partial charge in [0, 0.05) is 13.0 Å². The van der Waals surface area contributed by atoms with Crippen LogP contribution in [0.2, 0.25) is 0 Å². The number of esters is 1. The SMILES string of the molecule is CCCCCCCCCCCCCCCCCCCCCC(=O)OC(COCCCCCCCCCCCCCCCC)COP(=O)(O)OCC[N+](C)(C)C. The second-order valence-electron chi connectivity index (χ2n) is 17.5. The van der Waals surface area contributed by atoms with Crippen molar-refractivity contribution in [1.29, 1.82) is 0 Å². The van der Waals surface area contributed by atoms with Gasteiger partial charge in [-0.2, -0.15) is 0 Å². The highest BCUT2D eigenvalue weighted by atomic mass is 31.2. The summed E-state index contributed by atoms with van der Waals surface area (Å²) in [5.74, 6) is -0.306. The topological polar surface area (TPSA) is 91.3 Å². The predicted molar refractivity (Wildman–Crippen MR) is 234 cm³/mol. The molecule has 8 nitrogen and oxygen atoms in total. The van der Waals surface area contributed by atoms with Gasteiger partial charge in [-0.15, -0.1) is 0 Å². The van der Waals surface area contributed by atoms with E-state index in [0.717, 1.165) is 32.1 Å². The third-order valence-corrected chi connectivity index (χ3v) is 11.7. The Labute approximate surface area is 342 Å². The molecule has 0 aliphatic heterocycles. The number of likely N-dealkylation sites (N-methyl/N-ethyl adjacent to an activating group) is 1. The smallest absolute Gasteiger partial charge is 0.457 e. The van der Waals surface area contributed by atoms with Gasteiger partial charge in [-0.1, -0.05) is 213 Å². The summed E-state index contributed by atoms with van der Waals surface area (Å²) < 4.78 is 35.1. The number of nitrogens with zero attached hydrogens (tertiary/aromatic N) is 1. The normalized spacial score (nSPS) is 13.6. The Morgan fingerprint density at radius 2 is 0.836 bits per heavy atom. The van der Waals surface area contributed by atoms with Crippen LogP contribution in [-0.4, -0.2) is 75.6 Å². The van der Waals surface area contributed by atoms with Crippen molar-refractivity contribution in [2.45, 2.75) is 238 Å². The molecular weight excluding hydrogens is 709 g/mol. The molecule has 0 aliphatic carbocycles. The number of hydrogen-bond donors (Lipinski definition) is 1. The van der Waals surface area contributed by atoms with Crippen LogP contribution in [0.15, 0.2) is 0 Å². The van der Waals surface area contributed by atoms with E-state index in [0.29, 0.717) is 24.1 Å². The fraction of sp³-hybridized carbons (Fsp3) is 0.978. The molecule has 0 aliphatic rings. The van der Waals surface area contributed by atoms with Crippen LogP contribution in [0.1, 0.15) is 232 Å². The lowest BCUT2D eigenvalue weighted by molar-refractivity contribution is -0.870. The fourth-order valence-electron chi connectivity index (χ4n) is 6.97. The summed E-state index contributed by atoms with van der Waals surface area (Å²) in [4.78, 5) is 22.9. The van der Waals surface area contributed by atoms with Crippen LogP contribution in [0.25, 0.3) is 0 Å². The van der Waals surface area contributed by atoms with Gasteiger partial charge in [-0.25, -0.2) is 4.57 Å². The van der Waals surface area contributed by atoms with Crippen LogP contribution >= 0.6 is 7.82 Å². The summed E-state index contributed by atoms with van der Waals surface area (Å²) in [6.07, 6.45) is 42.7. The van der Waals surface area contributed by atoms with Gasteiger partial charge in [-0.3, -0.25) is 13.8 Å². The third-order valence-electron chi connectivity index (χ3n) is 10.7. The summed E-state index contributed by atoms with van der Waals surface area (Å²) in [7, 11) is 1.69.